The molecule has 146 valence electrons. The molecule has 2 aromatic carbocycles. The van der Waals surface area contributed by atoms with Crippen molar-refractivity contribution in [2.75, 3.05) is 6.61 Å². The lowest BCUT2D eigenvalue weighted by molar-refractivity contribution is 0.0481. The van der Waals surface area contributed by atoms with Gasteiger partial charge in [0.1, 0.15) is 6.04 Å². The summed E-state index contributed by atoms with van der Waals surface area (Å²) >= 11 is 0. The van der Waals surface area contributed by atoms with Crippen LogP contribution in [0.4, 0.5) is 0 Å². The monoisotopic (exact) mass is 390 g/mol. The van der Waals surface area contributed by atoms with Crippen molar-refractivity contribution >= 4 is 17.8 Å². The predicted octanol–water partition coefficient (Wildman–Crippen LogP) is 3.43. The number of carbonyl (C=O) groups is 3. The van der Waals surface area contributed by atoms with Gasteiger partial charge in [0.2, 0.25) is 11.7 Å². The minimum absolute atomic E-state index is 0.0727. The summed E-state index contributed by atoms with van der Waals surface area (Å²) in [6.07, 6.45) is 1.55. The molecule has 7 nitrogen and oxygen atoms in total. The van der Waals surface area contributed by atoms with Crippen LogP contribution in [0.25, 0.3) is 0 Å². The number of esters is 1. The van der Waals surface area contributed by atoms with Crippen molar-refractivity contribution in [2.45, 2.75) is 19.4 Å². The Labute approximate surface area is 166 Å². The van der Waals surface area contributed by atoms with Crippen molar-refractivity contribution in [3.63, 3.8) is 0 Å². The van der Waals surface area contributed by atoms with E-state index in [1.54, 1.807) is 31.2 Å². The standard InChI is InChI=1S/C22H18N2O5/c1-2-28-22(27)18-13-23-19(29-18)17(12-14-8-4-3-5-9-14)24-20(25)15-10-6-7-11-16(15)21(24)26/h3-11,13,17H,2,12H2,1H3/t17-/m0/s1. The molecular formula is C22H18N2O5. The first kappa shape index (κ1) is 18.6. The molecule has 2 amide bonds. The fourth-order valence-corrected chi connectivity index (χ4v) is 3.36. The van der Waals surface area contributed by atoms with E-state index < -0.39 is 23.8 Å². The third-order valence-electron chi connectivity index (χ3n) is 4.69. The molecule has 29 heavy (non-hydrogen) atoms. The van der Waals surface area contributed by atoms with Crippen molar-refractivity contribution in [1.29, 1.82) is 0 Å². The summed E-state index contributed by atoms with van der Waals surface area (Å²) in [6.45, 7) is 1.88. The van der Waals surface area contributed by atoms with E-state index in [4.69, 9.17) is 9.15 Å². The molecule has 1 aliphatic rings. The fraction of sp³-hybridized carbons (Fsp3) is 0.182. The molecule has 0 unspecified atom stereocenters. The van der Waals surface area contributed by atoms with Crippen LogP contribution in [0.1, 0.15) is 55.7 Å². The van der Waals surface area contributed by atoms with Gasteiger partial charge in [-0.15, -0.1) is 0 Å². The van der Waals surface area contributed by atoms with Crippen LogP contribution in [-0.4, -0.2) is 34.3 Å². The molecule has 1 aliphatic heterocycles. The van der Waals surface area contributed by atoms with Gasteiger partial charge in [0.05, 0.1) is 23.9 Å². The highest BCUT2D eigenvalue weighted by Crippen LogP contribution is 2.33. The van der Waals surface area contributed by atoms with Gasteiger partial charge in [-0.1, -0.05) is 42.5 Å². The zero-order valence-corrected chi connectivity index (χ0v) is 15.7. The number of oxazole rings is 1. The summed E-state index contributed by atoms with van der Waals surface area (Å²) in [6, 6.07) is 15.3. The Morgan fingerprint density at radius 2 is 1.66 bits per heavy atom. The number of fused-ring (bicyclic) bond motifs is 1. The molecule has 0 spiro atoms. The molecule has 3 aromatic rings. The molecule has 2 heterocycles. The number of imide groups is 1. The topological polar surface area (TPSA) is 89.7 Å². The third-order valence-corrected chi connectivity index (χ3v) is 4.69. The second-order valence-corrected chi connectivity index (χ2v) is 6.51. The van der Waals surface area contributed by atoms with E-state index in [-0.39, 0.29) is 18.3 Å². The van der Waals surface area contributed by atoms with Crippen molar-refractivity contribution in [2.24, 2.45) is 0 Å². The Morgan fingerprint density at radius 3 is 2.28 bits per heavy atom. The molecule has 7 heteroatoms. The molecule has 0 N–H and O–H groups in total. The summed E-state index contributed by atoms with van der Waals surface area (Å²) in [5, 5.41) is 0. The third kappa shape index (κ3) is 3.42. The zero-order chi connectivity index (χ0) is 20.4. The Balaban J connectivity index is 1.73. The molecule has 0 aliphatic carbocycles. The van der Waals surface area contributed by atoms with E-state index in [1.165, 1.54) is 6.20 Å². The number of benzene rings is 2. The van der Waals surface area contributed by atoms with Gasteiger partial charge in [-0.05, 0) is 24.6 Å². The molecule has 1 aromatic heterocycles. The zero-order valence-electron chi connectivity index (χ0n) is 15.7. The van der Waals surface area contributed by atoms with Crippen LogP contribution in [0.2, 0.25) is 0 Å². The average Bonchev–Trinajstić information content (AvgIpc) is 3.32. The summed E-state index contributed by atoms with van der Waals surface area (Å²) in [7, 11) is 0. The first-order chi connectivity index (χ1) is 14.1. The second-order valence-electron chi connectivity index (χ2n) is 6.51. The second kappa shape index (κ2) is 7.71. The van der Waals surface area contributed by atoms with Crippen LogP contribution in [-0.2, 0) is 11.2 Å². The van der Waals surface area contributed by atoms with Gasteiger partial charge in [0.25, 0.3) is 11.8 Å². The van der Waals surface area contributed by atoms with Crippen LogP contribution in [0, 0.1) is 0 Å². The Bertz CT molecular complexity index is 1040. The van der Waals surface area contributed by atoms with E-state index in [0.29, 0.717) is 17.5 Å². The van der Waals surface area contributed by atoms with Crippen LogP contribution >= 0.6 is 0 Å². The van der Waals surface area contributed by atoms with Gasteiger partial charge < -0.3 is 9.15 Å². The minimum atomic E-state index is -0.798. The maximum absolute atomic E-state index is 13.0. The van der Waals surface area contributed by atoms with Gasteiger partial charge in [0.15, 0.2) is 0 Å². The Morgan fingerprint density at radius 1 is 1.03 bits per heavy atom. The van der Waals surface area contributed by atoms with Gasteiger partial charge in [-0.3, -0.25) is 14.5 Å². The van der Waals surface area contributed by atoms with Crippen molar-refractivity contribution in [1.82, 2.24) is 9.88 Å². The number of hydrogen-bond donors (Lipinski definition) is 0. The molecule has 1 atom stereocenters. The van der Waals surface area contributed by atoms with E-state index in [0.717, 1.165) is 10.5 Å². The SMILES string of the molecule is CCOC(=O)c1cnc([C@H](Cc2ccccc2)N2C(=O)c3ccccc3C2=O)o1. The largest absolute Gasteiger partial charge is 0.460 e. The first-order valence-corrected chi connectivity index (χ1v) is 9.23. The molecule has 4 rings (SSSR count). The normalized spacial score (nSPS) is 14.0. The highest BCUT2D eigenvalue weighted by Gasteiger charge is 2.42. The lowest BCUT2D eigenvalue weighted by Crippen LogP contribution is -2.35. The molecule has 0 fully saturated rings. The number of amides is 2. The summed E-state index contributed by atoms with van der Waals surface area (Å²) < 4.78 is 10.5. The highest BCUT2D eigenvalue weighted by molar-refractivity contribution is 6.21. The Kier molecular flexibility index (Phi) is 4.95. The number of aromatic nitrogens is 1. The summed E-state index contributed by atoms with van der Waals surface area (Å²) in [5.41, 5.74) is 1.57. The van der Waals surface area contributed by atoms with E-state index in [9.17, 15) is 14.4 Å². The van der Waals surface area contributed by atoms with Crippen LogP contribution in [0.15, 0.2) is 65.2 Å². The molecule has 0 saturated carbocycles. The fourth-order valence-electron chi connectivity index (χ4n) is 3.36. The minimum Gasteiger partial charge on any atom is -0.460 e. The smallest absolute Gasteiger partial charge is 0.375 e. The number of carbonyl (C=O) groups excluding carboxylic acids is 3. The van der Waals surface area contributed by atoms with Gasteiger partial charge >= 0.3 is 5.97 Å². The van der Waals surface area contributed by atoms with Gasteiger partial charge in [-0.2, -0.15) is 0 Å². The molecular weight excluding hydrogens is 372 g/mol. The predicted molar refractivity (Wildman–Crippen MR) is 102 cm³/mol. The van der Waals surface area contributed by atoms with Crippen molar-refractivity contribution in [3.8, 4) is 0 Å². The lowest BCUT2D eigenvalue weighted by atomic mass is 10.0. The summed E-state index contributed by atoms with van der Waals surface area (Å²) in [4.78, 5) is 43.3. The van der Waals surface area contributed by atoms with E-state index in [1.807, 2.05) is 30.3 Å². The molecule has 0 bridgehead atoms. The Hall–Kier alpha value is -3.74. The van der Waals surface area contributed by atoms with Gasteiger partial charge in [0, 0.05) is 6.42 Å². The summed E-state index contributed by atoms with van der Waals surface area (Å²) in [5.74, 6) is -1.44. The lowest BCUT2D eigenvalue weighted by Gasteiger charge is -2.23. The van der Waals surface area contributed by atoms with Crippen molar-refractivity contribution in [3.05, 3.63) is 89.1 Å². The van der Waals surface area contributed by atoms with Crippen LogP contribution < -0.4 is 0 Å². The van der Waals surface area contributed by atoms with E-state index in [2.05, 4.69) is 4.98 Å². The maximum Gasteiger partial charge on any atom is 0.375 e. The molecule has 0 radical (unpaired) electrons. The highest BCUT2D eigenvalue weighted by atomic mass is 16.5. The number of rotatable bonds is 6. The maximum atomic E-state index is 13.0. The number of hydrogen-bond acceptors (Lipinski definition) is 6. The number of nitrogens with zero attached hydrogens (tertiary/aromatic N) is 2. The first-order valence-electron chi connectivity index (χ1n) is 9.23. The number of ether oxygens (including phenoxy) is 1. The van der Waals surface area contributed by atoms with Gasteiger partial charge in [-0.25, -0.2) is 9.78 Å². The van der Waals surface area contributed by atoms with Crippen LogP contribution in [0.3, 0.4) is 0 Å². The van der Waals surface area contributed by atoms with Crippen LogP contribution in [0.5, 0.6) is 0 Å². The van der Waals surface area contributed by atoms with E-state index >= 15 is 0 Å². The quantitative estimate of drug-likeness (QED) is 0.473. The average molecular weight is 390 g/mol. The van der Waals surface area contributed by atoms with Crippen molar-refractivity contribution < 1.29 is 23.5 Å². The molecule has 0 saturated heterocycles.